The predicted molar refractivity (Wildman–Crippen MR) is 213 cm³/mol. The van der Waals surface area contributed by atoms with Crippen LogP contribution >= 0.6 is 0 Å². The van der Waals surface area contributed by atoms with E-state index < -0.39 is 34.0 Å². The highest BCUT2D eigenvalue weighted by Crippen LogP contribution is 2.24. The average molecular weight is 756 g/mol. The molecule has 11 nitrogen and oxygen atoms in total. The first-order chi connectivity index (χ1) is 25.9. The maximum Gasteiger partial charge on any atom is 0.251 e. The van der Waals surface area contributed by atoms with E-state index in [9.17, 15) is 23.1 Å². The number of sulfonamides is 1. The zero-order valence-corrected chi connectivity index (χ0v) is 32.4. The number of piperidine rings is 1. The van der Waals surface area contributed by atoms with Crippen molar-refractivity contribution in [3.05, 3.63) is 131 Å². The quantitative estimate of drug-likeness (QED) is 0.121. The van der Waals surface area contributed by atoms with Crippen LogP contribution in [0.4, 0.5) is 5.69 Å². The number of aliphatic hydroxyl groups excluding tert-OH is 1. The highest BCUT2D eigenvalue weighted by atomic mass is 32.2. The van der Waals surface area contributed by atoms with Crippen LogP contribution in [0.5, 0.6) is 5.75 Å². The van der Waals surface area contributed by atoms with E-state index in [0.29, 0.717) is 12.3 Å². The van der Waals surface area contributed by atoms with E-state index in [-0.39, 0.29) is 29.4 Å². The van der Waals surface area contributed by atoms with Gasteiger partial charge in [-0.2, -0.15) is 0 Å². The molecule has 1 aliphatic heterocycles. The smallest absolute Gasteiger partial charge is 0.251 e. The third kappa shape index (κ3) is 11.4. The summed E-state index contributed by atoms with van der Waals surface area (Å²) in [4.78, 5) is 29.9. The molecule has 0 radical (unpaired) electrons. The number of likely N-dealkylation sites (tertiary alicyclic amines) is 1. The van der Waals surface area contributed by atoms with Gasteiger partial charge in [-0.1, -0.05) is 78.9 Å². The number of para-hydroxylation sites is 1. The molecular weight excluding hydrogens is 703 g/mol. The number of carbonyl (C=O) groups is 2. The third-order valence-electron chi connectivity index (χ3n) is 10.1. The van der Waals surface area contributed by atoms with E-state index in [1.807, 2.05) is 85.8 Å². The van der Waals surface area contributed by atoms with Crippen molar-refractivity contribution in [3.63, 3.8) is 0 Å². The lowest BCUT2D eigenvalue weighted by Gasteiger charge is -2.33. The summed E-state index contributed by atoms with van der Waals surface area (Å²) >= 11 is 0. The summed E-state index contributed by atoms with van der Waals surface area (Å²) < 4.78 is 31.6. The molecule has 1 heterocycles. The Labute approximate surface area is 319 Å². The maximum absolute atomic E-state index is 14.0. The fourth-order valence-electron chi connectivity index (χ4n) is 6.76. The van der Waals surface area contributed by atoms with Crippen molar-refractivity contribution >= 4 is 27.5 Å². The van der Waals surface area contributed by atoms with Gasteiger partial charge in [-0.15, -0.1) is 0 Å². The van der Waals surface area contributed by atoms with Crippen molar-refractivity contribution in [2.24, 2.45) is 5.92 Å². The van der Waals surface area contributed by atoms with E-state index in [4.69, 9.17) is 4.74 Å². The number of nitrogens with one attached hydrogen (secondary N) is 3. The zero-order valence-electron chi connectivity index (χ0n) is 31.6. The molecule has 1 fully saturated rings. The molecule has 2 amide bonds. The Morgan fingerprint density at radius 3 is 2.11 bits per heavy atom. The molecule has 0 spiro atoms. The summed E-state index contributed by atoms with van der Waals surface area (Å²) in [6.45, 7) is 5.64. The van der Waals surface area contributed by atoms with Crippen LogP contribution in [0.15, 0.2) is 103 Å². The van der Waals surface area contributed by atoms with Crippen molar-refractivity contribution in [1.82, 2.24) is 20.9 Å². The van der Waals surface area contributed by atoms with Crippen molar-refractivity contribution in [2.75, 3.05) is 50.9 Å². The average Bonchev–Trinajstić information content (AvgIpc) is 3.18. The van der Waals surface area contributed by atoms with Crippen LogP contribution in [0.3, 0.4) is 0 Å². The Bertz CT molecular complexity index is 1940. The molecule has 12 heteroatoms. The van der Waals surface area contributed by atoms with E-state index in [1.54, 1.807) is 7.11 Å². The Balaban J connectivity index is 1.25. The zero-order chi connectivity index (χ0) is 38.7. The second-order valence-electron chi connectivity index (χ2n) is 14.1. The lowest BCUT2D eigenvalue weighted by atomic mass is 9.96. The first-order valence-electron chi connectivity index (χ1n) is 18.4. The van der Waals surface area contributed by atoms with E-state index in [1.165, 1.54) is 30.8 Å². The number of nitrogens with zero attached hydrogens (tertiary/aromatic N) is 2. The molecule has 4 aromatic carbocycles. The van der Waals surface area contributed by atoms with Gasteiger partial charge in [0.05, 0.1) is 37.2 Å². The lowest BCUT2D eigenvalue weighted by molar-refractivity contribution is 0.0824. The Hall–Kier alpha value is -4.75. The number of methoxy groups -OCH3 is 1. The second-order valence-corrected chi connectivity index (χ2v) is 16.1. The summed E-state index contributed by atoms with van der Waals surface area (Å²) in [7, 11) is -0.638. The van der Waals surface area contributed by atoms with Gasteiger partial charge in [0.2, 0.25) is 10.0 Å². The lowest BCUT2D eigenvalue weighted by Crippen LogP contribution is -2.49. The molecule has 4 aromatic rings. The first kappa shape index (κ1) is 40.4. The number of carbonyl (C=O) groups excluding carboxylic acids is 2. The first-order valence-corrected chi connectivity index (χ1v) is 20.3. The van der Waals surface area contributed by atoms with Gasteiger partial charge >= 0.3 is 0 Å². The molecule has 0 bridgehead atoms. The van der Waals surface area contributed by atoms with E-state index in [2.05, 4.69) is 26.9 Å². The Kier molecular flexibility index (Phi) is 14.2. The van der Waals surface area contributed by atoms with Gasteiger partial charge in [0, 0.05) is 36.8 Å². The van der Waals surface area contributed by atoms with E-state index >= 15 is 0 Å². The topological polar surface area (TPSA) is 140 Å². The molecule has 1 aliphatic rings. The van der Waals surface area contributed by atoms with Crippen LogP contribution in [0, 0.1) is 5.92 Å². The van der Waals surface area contributed by atoms with Gasteiger partial charge < -0.3 is 25.8 Å². The molecular formula is C42H53N5O6S. The van der Waals surface area contributed by atoms with Crippen molar-refractivity contribution in [1.29, 1.82) is 0 Å². The Morgan fingerprint density at radius 1 is 0.889 bits per heavy atom. The number of aliphatic hydroxyl groups is 1. The number of rotatable bonds is 17. The SMILES string of the molecule is COc1ccccc1CN1CCC(CNCC(O)C(Cc2ccccc2)NC(=O)c2cc(C(=O)NC(C)c3ccccc3)cc(N(C)S(C)(=O)=O)c2)CC1. The summed E-state index contributed by atoms with van der Waals surface area (Å²) in [5, 5.41) is 20.9. The van der Waals surface area contributed by atoms with Gasteiger partial charge in [0.15, 0.2) is 0 Å². The maximum atomic E-state index is 14.0. The summed E-state index contributed by atoms with van der Waals surface area (Å²) in [6, 6.07) is 30.5. The number of benzene rings is 4. The standard InChI is InChI=1S/C42H53N5O6S/c1-30(33-15-9-6-10-16-33)44-41(49)35-24-36(26-37(25-35)46(2)54(4,51)52)42(50)45-38(23-31-13-7-5-8-14-31)39(48)28-43-27-32-19-21-47(22-20-32)29-34-17-11-12-18-40(34)53-3/h5-18,24-26,30,32,38-39,43,48H,19-23,27-29H2,1-4H3,(H,44,49)(H,45,50). The molecule has 54 heavy (non-hydrogen) atoms. The second kappa shape index (κ2) is 19.0. The van der Waals surface area contributed by atoms with Gasteiger partial charge in [0.25, 0.3) is 11.8 Å². The number of ether oxygens (including phenoxy) is 1. The van der Waals surface area contributed by atoms with Gasteiger partial charge in [0.1, 0.15) is 5.75 Å². The van der Waals surface area contributed by atoms with Crippen LogP contribution in [0.25, 0.3) is 0 Å². The minimum Gasteiger partial charge on any atom is -0.496 e. The van der Waals surface area contributed by atoms with Crippen LogP contribution in [-0.4, -0.2) is 89.0 Å². The van der Waals surface area contributed by atoms with Crippen LogP contribution < -0.4 is 25.0 Å². The number of hydrogen-bond donors (Lipinski definition) is 4. The van der Waals surface area contributed by atoms with Crippen molar-refractivity contribution < 1.29 is 27.9 Å². The summed E-state index contributed by atoms with van der Waals surface area (Å²) in [6.07, 6.45) is 2.54. The third-order valence-corrected chi connectivity index (χ3v) is 11.3. The van der Waals surface area contributed by atoms with Crippen LogP contribution in [-0.2, 0) is 23.0 Å². The highest BCUT2D eigenvalue weighted by Gasteiger charge is 2.26. The van der Waals surface area contributed by atoms with Gasteiger partial charge in [-0.3, -0.25) is 18.8 Å². The molecule has 3 atom stereocenters. The largest absolute Gasteiger partial charge is 0.496 e. The van der Waals surface area contributed by atoms with Crippen LogP contribution in [0.1, 0.15) is 63.2 Å². The molecule has 0 aliphatic carbocycles. The molecule has 4 N–H and O–H groups in total. The summed E-state index contributed by atoms with van der Waals surface area (Å²) in [5.74, 6) is 0.365. The number of hydrogen-bond acceptors (Lipinski definition) is 8. The predicted octanol–water partition coefficient (Wildman–Crippen LogP) is 4.79. The molecule has 288 valence electrons. The van der Waals surface area contributed by atoms with Crippen molar-refractivity contribution in [3.8, 4) is 5.75 Å². The minimum absolute atomic E-state index is 0.0959. The minimum atomic E-state index is -3.71. The molecule has 0 saturated carbocycles. The van der Waals surface area contributed by atoms with E-state index in [0.717, 1.165) is 66.5 Å². The van der Waals surface area contributed by atoms with Crippen LogP contribution in [0.2, 0.25) is 0 Å². The molecule has 5 rings (SSSR count). The highest BCUT2D eigenvalue weighted by molar-refractivity contribution is 7.92. The fraction of sp³-hybridized carbons (Fsp3) is 0.381. The van der Waals surface area contributed by atoms with Crippen molar-refractivity contribution in [2.45, 2.75) is 50.9 Å². The fourth-order valence-corrected chi connectivity index (χ4v) is 7.24. The molecule has 3 unspecified atom stereocenters. The summed E-state index contributed by atoms with van der Waals surface area (Å²) in [5.41, 5.74) is 3.40. The normalized spacial score (nSPS) is 15.5. The number of amides is 2. The van der Waals surface area contributed by atoms with Gasteiger partial charge in [-0.05, 0) is 87.1 Å². The molecule has 0 aromatic heterocycles. The van der Waals surface area contributed by atoms with Gasteiger partial charge in [-0.25, -0.2) is 8.42 Å². The molecule has 1 saturated heterocycles. The number of anilines is 1. The monoisotopic (exact) mass is 755 g/mol. The Morgan fingerprint density at radius 2 is 1.48 bits per heavy atom.